The zero-order valence-electron chi connectivity index (χ0n) is 14.4. The molecular formula is C17H30N4. The smallest absolute Gasteiger partial charge is 0.137 e. The molecular weight excluding hydrogens is 260 g/mol. The third kappa shape index (κ3) is 3.47. The predicted octanol–water partition coefficient (Wildman–Crippen LogP) is 3.82. The van der Waals surface area contributed by atoms with E-state index in [1.165, 1.54) is 5.56 Å². The van der Waals surface area contributed by atoms with E-state index >= 15 is 0 Å². The van der Waals surface area contributed by atoms with E-state index in [4.69, 9.17) is 9.97 Å². The van der Waals surface area contributed by atoms with E-state index in [0.717, 1.165) is 55.4 Å². The van der Waals surface area contributed by atoms with Crippen molar-refractivity contribution in [2.24, 2.45) is 11.8 Å². The van der Waals surface area contributed by atoms with Crippen molar-refractivity contribution in [2.45, 2.75) is 53.9 Å². The molecule has 2 unspecified atom stereocenters. The Bertz CT molecular complexity index is 474. The Morgan fingerprint density at radius 1 is 1.19 bits per heavy atom. The molecule has 2 rings (SSSR count). The molecule has 2 heterocycles. The minimum absolute atomic E-state index is 0.351. The summed E-state index contributed by atoms with van der Waals surface area (Å²) in [4.78, 5) is 12.0. The van der Waals surface area contributed by atoms with Crippen LogP contribution in [0.5, 0.6) is 0 Å². The zero-order valence-corrected chi connectivity index (χ0v) is 14.4. The molecule has 1 aliphatic rings. The van der Waals surface area contributed by atoms with Crippen LogP contribution in [0.2, 0.25) is 0 Å². The van der Waals surface area contributed by atoms with Crippen LogP contribution in [0.15, 0.2) is 0 Å². The molecule has 0 amide bonds. The van der Waals surface area contributed by atoms with Crippen LogP contribution < -0.4 is 10.2 Å². The van der Waals surface area contributed by atoms with Crippen LogP contribution in [0.25, 0.3) is 0 Å². The number of aromatic nitrogens is 2. The molecule has 0 saturated carbocycles. The van der Waals surface area contributed by atoms with Gasteiger partial charge in [0.1, 0.15) is 17.5 Å². The normalized spacial score (nSPS) is 22.1. The Balaban J connectivity index is 2.36. The molecule has 4 nitrogen and oxygen atoms in total. The van der Waals surface area contributed by atoms with Crippen molar-refractivity contribution >= 4 is 11.6 Å². The summed E-state index contributed by atoms with van der Waals surface area (Å²) in [5.74, 6) is 4.90. The standard InChI is InChI=1S/C17H30N4/c1-7-8-18-16-14(6)17(20-15(19-16)11(2)3)21-9-12(4)13(5)10-21/h11-13H,7-10H2,1-6H3,(H,18,19,20). The largest absolute Gasteiger partial charge is 0.370 e. The lowest BCUT2D eigenvalue weighted by atomic mass is 10.0. The molecule has 118 valence electrons. The summed E-state index contributed by atoms with van der Waals surface area (Å²) in [6.45, 7) is 16.5. The summed E-state index contributed by atoms with van der Waals surface area (Å²) >= 11 is 0. The average Bonchev–Trinajstić information content (AvgIpc) is 2.77. The summed E-state index contributed by atoms with van der Waals surface area (Å²) < 4.78 is 0. The summed E-state index contributed by atoms with van der Waals surface area (Å²) in [6.07, 6.45) is 1.10. The average molecular weight is 290 g/mol. The van der Waals surface area contributed by atoms with Gasteiger partial charge >= 0.3 is 0 Å². The maximum absolute atomic E-state index is 4.87. The number of nitrogens with zero attached hydrogens (tertiary/aromatic N) is 3. The van der Waals surface area contributed by atoms with Crippen molar-refractivity contribution in [2.75, 3.05) is 29.9 Å². The van der Waals surface area contributed by atoms with Crippen molar-refractivity contribution < 1.29 is 0 Å². The van der Waals surface area contributed by atoms with Crippen molar-refractivity contribution in [3.05, 3.63) is 11.4 Å². The molecule has 1 fully saturated rings. The van der Waals surface area contributed by atoms with Gasteiger partial charge in [0, 0.05) is 31.1 Å². The summed E-state index contributed by atoms with van der Waals surface area (Å²) in [7, 11) is 0. The Morgan fingerprint density at radius 3 is 2.33 bits per heavy atom. The van der Waals surface area contributed by atoms with Crippen LogP contribution in [0.3, 0.4) is 0 Å². The van der Waals surface area contributed by atoms with Gasteiger partial charge < -0.3 is 10.2 Å². The Morgan fingerprint density at radius 2 is 1.81 bits per heavy atom. The van der Waals surface area contributed by atoms with Gasteiger partial charge in [-0.2, -0.15) is 0 Å². The first-order valence-corrected chi connectivity index (χ1v) is 8.31. The maximum atomic E-state index is 4.87. The first-order chi connectivity index (χ1) is 9.93. The zero-order chi connectivity index (χ0) is 15.6. The van der Waals surface area contributed by atoms with Gasteiger partial charge in [0.25, 0.3) is 0 Å². The molecule has 21 heavy (non-hydrogen) atoms. The third-order valence-corrected chi connectivity index (χ3v) is 4.48. The van der Waals surface area contributed by atoms with Gasteiger partial charge in [0.05, 0.1) is 0 Å². The summed E-state index contributed by atoms with van der Waals surface area (Å²) in [5, 5.41) is 3.47. The Hall–Kier alpha value is -1.32. The van der Waals surface area contributed by atoms with Gasteiger partial charge in [0.2, 0.25) is 0 Å². The molecule has 1 aromatic heterocycles. The van der Waals surface area contributed by atoms with Crippen LogP contribution >= 0.6 is 0 Å². The maximum Gasteiger partial charge on any atom is 0.137 e. The van der Waals surface area contributed by atoms with Crippen LogP contribution in [0, 0.1) is 18.8 Å². The topological polar surface area (TPSA) is 41.1 Å². The summed E-state index contributed by atoms with van der Waals surface area (Å²) in [5.41, 5.74) is 1.19. The van der Waals surface area contributed by atoms with E-state index in [9.17, 15) is 0 Å². The number of hydrogen-bond donors (Lipinski definition) is 1. The fraction of sp³-hybridized carbons (Fsp3) is 0.765. The van der Waals surface area contributed by atoms with E-state index in [1.807, 2.05) is 0 Å². The third-order valence-electron chi connectivity index (χ3n) is 4.48. The molecule has 1 saturated heterocycles. The quantitative estimate of drug-likeness (QED) is 0.895. The van der Waals surface area contributed by atoms with Crippen LogP contribution in [-0.2, 0) is 0 Å². The lowest BCUT2D eigenvalue weighted by Gasteiger charge is -2.23. The molecule has 1 N–H and O–H groups in total. The first kappa shape index (κ1) is 16.1. The van der Waals surface area contributed by atoms with Crippen LogP contribution in [0.4, 0.5) is 11.6 Å². The lowest BCUT2D eigenvalue weighted by Crippen LogP contribution is -2.24. The molecule has 0 radical (unpaired) electrons. The fourth-order valence-corrected chi connectivity index (χ4v) is 2.81. The minimum atomic E-state index is 0.351. The molecule has 0 bridgehead atoms. The van der Waals surface area contributed by atoms with Gasteiger partial charge in [-0.25, -0.2) is 9.97 Å². The van der Waals surface area contributed by atoms with Gasteiger partial charge in [-0.05, 0) is 25.2 Å². The predicted molar refractivity (Wildman–Crippen MR) is 90.2 cm³/mol. The highest BCUT2D eigenvalue weighted by atomic mass is 15.2. The number of anilines is 2. The molecule has 0 aromatic carbocycles. The highest BCUT2D eigenvalue weighted by Crippen LogP contribution is 2.32. The van der Waals surface area contributed by atoms with E-state index in [2.05, 4.69) is 51.8 Å². The monoisotopic (exact) mass is 290 g/mol. The van der Waals surface area contributed by atoms with Crippen molar-refractivity contribution in [1.29, 1.82) is 0 Å². The molecule has 1 aromatic rings. The van der Waals surface area contributed by atoms with Crippen molar-refractivity contribution in [1.82, 2.24) is 9.97 Å². The van der Waals surface area contributed by atoms with E-state index in [-0.39, 0.29) is 0 Å². The highest BCUT2D eigenvalue weighted by molar-refractivity contribution is 5.59. The number of nitrogens with one attached hydrogen (secondary N) is 1. The number of rotatable bonds is 5. The van der Waals surface area contributed by atoms with Gasteiger partial charge in [-0.1, -0.05) is 34.6 Å². The van der Waals surface area contributed by atoms with Gasteiger partial charge in [-0.15, -0.1) is 0 Å². The van der Waals surface area contributed by atoms with Gasteiger partial charge in [-0.3, -0.25) is 0 Å². The SMILES string of the molecule is CCCNc1nc(C(C)C)nc(N2CC(C)C(C)C2)c1C. The molecule has 2 atom stereocenters. The molecule has 1 aliphatic heterocycles. The second-order valence-electron chi connectivity index (χ2n) is 6.82. The lowest BCUT2D eigenvalue weighted by molar-refractivity contribution is 0.494. The second kappa shape index (κ2) is 6.63. The van der Waals surface area contributed by atoms with E-state index in [1.54, 1.807) is 0 Å². The van der Waals surface area contributed by atoms with Crippen molar-refractivity contribution in [3.8, 4) is 0 Å². The van der Waals surface area contributed by atoms with Crippen molar-refractivity contribution in [3.63, 3.8) is 0 Å². The number of hydrogen-bond acceptors (Lipinski definition) is 4. The van der Waals surface area contributed by atoms with Crippen LogP contribution in [0.1, 0.15) is 58.3 Å². The van der Waals surface area contributed by atoms with E-state index in [0.29, 0.717) is 5.92 Å². The second-order valence-corrected chi connectivity index (χ2v) is 6.82. The van der Waals surface area contributed by atoms with E-state index < -0.39 is 0 Å². The first-order valence-electron chi connectivity index (χ1n) is 8.31. The van der Waals surface area contributed by atoms with Gasteiger partial charge in [0.15, 0.2) is 0 Å². The highest BCUT2D eigenvalue weighted by Gasteiger charge is 2.29. The molecule has 0 spiro atoms. The molecule has 0 aliphatic carbocycles. The Labute approximate surface area is 129 Å². The van der Waals surface area contributed by atoms with Crippen LogP contribution in [-0.4, -0.2) is 29.6 Å². The fourth-order valence-electron chi connectivity index (χ4n) is 2.81. The molecule has 4 heteroatoms. The summed E-state index contributed by atoms with van der Waals surface area (Å²) in [6, 6.07) is 0. The Kier molecular flexibility index (Phi) is 5.07. The minimum Gasteiger partial charge on any atom is -0.370 e.